The van der Waals surface area contributed by atoms with Gasteiger partial charge in [0.25, 0.3) is 17.7 Å². The minimum Gasteiger partial charge on any atom is -0.494 e. The molecule has 0 heterocycles. The summed E-state index contributed by atoms with van der Waals surface area (Å²) in [7, 11) is 0. The first-order valence-corrected chi connectivity index (χ1v) is 12.5. The summed E-state index contributed by atoms with van der Waals surface area (Å²) in [5.74, 6) is -0.444. The number of rotatable bonds is 9. The Morgan fingerprint density at radius 1 is 0.676 bits per heavy atom. The molecule has 3 aromatic carbocycles. The van der Waals surface area contributed by atoms with Crippen LogP contribution in [-0.4, -0.2) is 24.3 Å². The molecule has 0 aliphatic rings. The first-order valence-electron chi connectivity index (χ1n) is 12.5. The molecule has 0 radical (unpaired) electrons. The van der Waals surface area contributed by atoms with Crippen molar-refractivity contribution in [1.82, 2.24) is 10.9 Å². The summed E-state index contributed by atoms with van der Waals surface area (Å²) >= 11 is 0. The Morgan fingerprint density at radius 2 is 1.16 bits per heavy atom. The molecule has 37 heavy (non-hydrogen) atoms. The summed E-state index contributed by atoms with van der Waals surface area (Å²) in [6.07, 6.45) is 3.23. The number of carbonyl (C=O) groups is 3. The number of anilines is 1. The lowest BCUT2D eigenvalue weighted by Gasteiger charge is -2.19. The van der Waals surface area contributed by atoms with E-state index in [2.05, 4.69) is 43.9 Å². The monoisotopic (exact) mass is 501 g/mol. The van der Waals surface area contributed by atoms with Crippen molar-refractivity contribution in [3.05, 3.63) is 95.1 Å². The van der Waals surface area contributed by atoms with Gasteiger partial charge in [-0.15, -0.1) is 0 Å². The van der Waals surface area contributed by atoms with Gasteiger partial charge in [0, 0.05) is 22.4 Å². The second kappa shape index (κ2) is 12.7. The largest absolute Gasteiger partial charge is 0.494 e. The van der Waals surface area contributed by atoms with Crippen LogP contribution in [0.1, 0.15) is 83.6 Å². The lowest BCUT2D eigenvalue weighted by atomic mass is 9.87. The van der Waals surface area contributed by atoms with Gasteiger partial charge >= 0.3 is 0 Å². The predicted molar refractivity (Wildman–Crippen MR) is 146 cm³/mol. The van der Waals surface area contributed by atoms with E-state index in [1.165, 1.54) is 0 Å². The van der Waals surface area contributed by atoms with E-state index in [4.69, 9.17) is 4.74 Å². The molecular weight excluding hydrogens is 466 g/mol. The maximum atomic E-state index is 12.6. The van der Waals surface area contributed by atoms with Gasteiger partial charge in [-0.2, -0.15) is 0 Å². The van der Waals surface area contributed by atoms with E-state index in [-0.39, 0.29) is 11.3 Å². The molecule has 0 unspecified atom stereocenters. The summed E-state index contributed by atoms with van der Waals surface area (Å²) in [6.45, 7) is 9.13. The Morgan fingerprint density at radius 3 is 1.68 bits per heavy atom. The van der Waals surface area contributed by atoms with Crippen LogP contribution in [0, 0.1) is 0 Å². The molecular formula is C30H35N3O4. The van der Waals surface area contributed by atoms with Crippen molar-refractivity contribution in [2.75, 3.05) is 11.9 Å². The molecule has 3 aromatic rings. The standard InChI is InChI=1S/C30H35N3O4/c1-5-6-7-20-37-26-18-12-23(13-19-26)29(36)33-32-28(35)22-10-16-25(17-11-22)31-27(34)21-8-14-24(15-9-21)30(2,3)4/h8-19H,5-7,20H2,1-4H3,(H,31,34)(H,32,35)(H,33,36). The molecule has 194 valence electrons. The SMILES string of the molecule is CCCCCOc1ccc(C(=O)NNC(=O)c2ccc(NC(=O)c3ccc(C(C)(C)C)cc3)cc2)cc1. The highest BCUT2D eigenvalue weighted by Crippen LogP contribution is 2.22. The molecule has 0 spiro atoms. The van der Waals surface area contributed by atoms with Gasteiger partial charge in [0.15, 0.2) is 0 Å². The van der Waals surface area contributed by atoms with Gasteiger partial charge in [-0.1, -0.05) is 52.7 Å². The molecule has 0 atom stereocenters. The van der Waals surface area contributed by atoms with Crippen molar-refractivity contribution in [2.45, 2.75) is 52.4 Å². The number of ether oxygens (including phenoxy) is 1. The second-order valence-corrected chi connectivity index (χ2v) is 9.85. The number of unbranched alkanes of at least 4 members (excludes halogenated alkanes) is 2. The van der Waals surface area contributed by atoms with Crippen LogP contribution in [0.25, 0.3) is 0 Å². The molecule has 0 saturated carbocycles. The third-order valence-electron chi connectivity index (χ3n) is 5.84. The molecule has 0 bridgehead atoms. The van der Waals surface area contributed by atoms with Crippen LogP contribution in [0.5, 0.6) is 5.75 Å². The van der Waals surface area contributed by atoms with Gasteiger partial charge in [-0.3, -0.25) is 25.2 Å². The minimum absolute atomic E-state index is 0.0119. The van der Waals surface area contributed by atoms with E-state index >= 15 is 0 Å². The number of nitrogens with one attached hydrogen (secondary N) is 3. The molecule has 0 saturated heterocycles. The number of hydrogen-bond donors (Lipinski definition) is 3. The highest BCUT2D eigenvalue weighted by Gasteiger charge is 2.15. The van der Waals surface area contributed by atoms with E-state index in [0.717, 1.165) is 24.8 Å². The maximum Gasteiger partial charge on any atom is 0.269 e. The fraction of sp³-hybridized carbons (Fsp3) is 0.300. The molecule has 3 amide bonds. The Labute approximate surface area is 218 Å². The highest BCUT2D eigenvalue weighted by atomic mass is 16.5. The van der Waals surface area contributed by atoms with E-state index in [1.807, 2.05) is 12.1 Å². The molecule has 3 rings (SSSR count). The van der Waals surface area contributed by atoms with Crippen molar-refractivity contribution >= 4 is 23.4 Å². The van der Waals surface area contributed by atoms with Gasteiger partial charge in [0.05, 0.1) is 6.61 Å². The van der Waals surface area contributed by atoms with E-state index in [0.29, 0.717) is 34.7 Å². The van der Waals surface area contributed by atoms with Crippen LogP contribution >= 0.6 is 0 Å². The molecule has 0 aromatic heterocycles. The fourth-order valence-corrected chi connectivity index (χ4v) is 3.53. The van der Waals surface area contributed by atoms with Gasteiger partial charge in [0.1, 0.15) is 5.75 Å². The number of hydrogen-bond acceptors (Lipinski definition) is 4. The molecule has 7 nitrogen and oxygen atoms in total. The second-order valence-electron chi connectivity index (χ2n) is 9.85. The van der Waals surface area contributed by atoms with Crippen molar-refractivity contribution in [3.63, 3.8) is 0 Å². The van der Waals surface area contributed by atoms with Crippen LogP contribution < -0.4 is 20.9 Å². The lowest BCUT2D eigenvalue weighted by Crippen LogP contribution is -2.41. The van der Waals surface area contributed by atoms with Crippen LogP contribution in [0.2, 0.25) is 0 Å². The lowest BCUT2D eigenvalue weighted by molar-refractivity contribution is 0.0846. The van der Waals surface area contributed by atoms with Crippen LogP contribution in [-0.2, 0) is 5.41 Å². The normalized spacial score (nSPS) is 10.9. The van der Waals surface area contributed by atoms with Crippen molar-refractivity contribution in [1.29, 1.82) is 0 Å². The Balaban J connectivity index is 1.48. The molecule has 0 fully saturated rings. The van der Waals surface area contributed by atoms with Crippen molar-refractivity contribution in [3.8, 4) is 5.75 Å². The quantitative estimate of drug-likeness (QED) is 0.252. The number of hydrazine groups is 1. The van der Waals surface area contributed by atoms with Crippen LogP contribution in [0.15, 0.2) is 72.8 Å². The Kier molecular flexibility index (Phi) is 9.44. The zero-order valence-corrected chi connectivity index (χ0v) is 21.9. The Hall–Kier alpha value is -4.13. The van der Waals surface area contributed by atoms with E-state index in [1.54, 1.807) is 60.7 Å². The van der Waals surface area contributed by atoms with E-state index in [9.17, 15) is 14.4 Å². The smallest absolute Gasteiger partial charge is 0.269 e. The molecule has 7 heteroatoms. The average molecular weight is 502 g/mol. The van der Waals surface area contributed by atoms with Crippen LogP contribution in [0.4, 0.5) is 5.69 Å². The van der Waals surface area contributed by atoms with Gasteiger partial charge in [-0.05, 0) is 78.1 Å². The topological polar surface area (TPSA) is 96.5 Å². The van der Waals surface area contributed by atoms with Crippen molar-refractivity contribution < 1.29 is 19.1 Å². The summed E-state index contributed by atoms with van der Waals surface area (Å²) in [4.78, 5) is 37.4. The van der Waals surface area contributed by atoms with Crippen LogP contribution in [0.3, 0.4) is 0 Å². The van der Waals surface area contributed by atoms with Gasteiger partial charge in [0.2, 0.25) is 0 Å². The molecule has 3 N–H and O–H groups in total. The number of benzene rings is 3. The third-order valence-corrected chi connectivity index (χ3v) is 5.84. The zero-order valence-electron chi connectivity index (χ0n) is 21.9. The average Bonchev–Trinajstić information content (AvgIpc) is 2.90. The third kappa shape index (κ3) is 8.20. The van der Waals surface area contributed by atoms with Gasteiger partial charge < -0.3 is 10.1 Å². The summed E-state index contributed by atoms with van der Waals surface area (Å²) in [5, 5.41) is 2.83. The molecule has 0 aliphatic carbocycles. The zero-order chi connectivity index (χ0) is 26.8. The number of carbonyl (C=O) groups excluding carboxylic acids is 3. The van der Waals surface area contributed by atoms with Crippen molar-refractivity contribution in [2.24, 2.45) is 0 Å². The fourth-order valence-electron chi connectivity index (χ4n) is 3.53. The summed E-state index contributed by atoms with van der Waals surface area (Å²) in [5.41, 5.74) is 7.82. The summed E-state index contributed by atoms with van der Waals surface area (Å²) < 4.78 is 5.65. The predicted octanol–water partition coefficient (Wildman–Crippen LogP) is 5.88. The minimum atomic E-state index is -0.472. The van der Waals surface area contributed by atoms with Gasteiger partial charge in [-0.25, -0.2) is 0 Å². The molecule has 0 aliphatic heterocycles. The van der Waals surface area contributed by atoms with E-state index < -0.39 is 11.8 Å². The highest BCUT2D eigenvalue weighted by molar-refractivity contribution is 6.04. The summed E-state index contributed by atoms with van der Waals surface area (Å²) in [6, 6.07) is 20.7. The maximum absolute atomic E-state index is 12.6. The first-order chi connectivity index (χ1) is 17.7. The first kappa shape index (κ1) is 27.5. The Bertz CT molecular complexity index is 1200. The number of amides is 3.